The van der Waals surface area contributed by atoms with Crippen molar-refractivity contribution in [3.05, 3.63) is 70.5 Å². The molecule has 0 unspecified atom stereocenters. The normalized spacial score (nSPS) is 10.4. The Balaban J connectivity index is 1.88. The Morgan fingerprint density at radius 2 is 1.96 bits per heavy atom. The van der Waals surface area contributed by atoms with Crippen LogP contribution in [0.1, 0.15) is 17.3 Å². The van der Waals surface area contributed by atoms with Gasteiger partial charge in [0.15, 0.2) is 0 Å². The monoisotopic (exact) mass is 384 g/mol. The third-order valence-corrected chi connectivity index (χ3v) is 3.63. The predicted molar refractivity (Wildman–Crippen MR) is 96.7 cm³/mol. The summed E-state index contributed by atoms with van der Waals surface area (Å²) in [6, 6.07) is 7.48. The first kappa shape index (κ1) is 18.6. The Labute approximate surface area is 157 Å². The summed E-state index contributed by atoms with van der Waals surface area (Å²) in [7, 11) is 0. The van der Waals surface area contributed by atoms with Crippen LogP contribution >= 0.6 is 0 Å². The van der Waals surface area contributed by atoms with E-state index in [0.29, 0.717) is 0 Å². The van der Waals surface area contributed by atoms with Gasteiger partial charge >= 0.3 is 0 Å². The first-order valence-corrected chi connectivity index (χ1v) is 7.87. The molecule has 0 atom stereocenters. The van der Waals surface area contributed by atoms with Crippen LogP contribution in [0.25, 0.3) is 5.69 Å². The number of carbonyl (C=O) groups excluding carboxylic acids is 2. The zero-order chi connectivity index (χ0) is 20.3. The molecule has 2 N–H and O–H groups in total. The molecule has 142 valence electrons. The summed E-state index contributed by atoms with van der Waals surface area (Å²) in [5, 5.41) is 20.0. The second-order valence-electron chi connectivity index (χ2n) is 5.63. The summed E-state index contributed by atoms with van der Waals surface area (Å²) in [6.45, 7) is 1.22. The van der Waals surface area contributed by atoms with E-state index in [1.807, 2.05) is 0 Å². The van der Waals surface area contributed by atoms with E-state index in [4.69, 9.17) is 0 Å². The number of halogens is 1. The van der Waals surface area contributed by atoms with Crippen molar-refractivity contribution >= 4 is 28.9 Å². The molecule has 3 aromatic rings. The van der Waals surface area contributed by atoms with Crippen LogP contribution < -0.4 is 10.6 Å². The lowest BCUT2D eigenvalue weighted by Gasteiger charge is -2.10. The summed E-state index contributed by atoms with van der Waals surface area (Å²) < 4.78 is 14.9. The van der Waals surface area contributed by atoms with Crippen LogP contribution in [0.2, 0.25) is 0 Å². The van der Waals surface area contributed by atoms with Crippen molar-refractivity contribution in [2.75, 3.05) is 10.6 Å². The van der Waals surface area contributed by atoms with Gasteiger partial charge in [-0.3, -0.25) is 19.7 Å². The predicted octanol–water partition coefficient (Wildman–Crippen LogP) is 2.53. The quantitative estimate of drug-likeness (QED) is 0.513. The molecule has 1 heterocycles. The molecule has 1 aromatic heterocycles. The fourth-order valence-electron chi connectivity index (χ4n) is 2.43. The maximum Gasteiger partial charge on any atom is 0.295 e. The van der Waals surface area contributed by atoms with E-state index in [-0.39, 0.29) is 28.3 Å². The SMILES string of the molecule is CC(=O)Nc1cc(NC(=O)c2ccc(-n3cncn3)c([N+](=O)[O-])c2)ccc1F. The molecule has 0 bridgehead atoms. The summed E-state index contributed by atoms with van der Waals surface area (Å²) >= 11 is 0. The van der Waals surface area contributed by atoms with Crippen LogP contribution in [-0.2, 0) is 4.79 Å². The van der Waals surface area contributed by atoms with Crippen LogP contribution in [-0.4, -0.2) is 31.5 Å². The van der Waals surface area contributed by atoms with Gasteiger partial charge in [0.1, 0.15) is 24.2 Å². The van der Waals surface area contributed by atoms with Crippen molar-refractivity contribution in [1.82, 2.24) is 14.8 Å². The lowest BCUT2D eigenvalue weighted by atomic mass is 10.1. The average Bonchev–Trinajstić information content (AvgIpc) is 3.18. The number of nitrogens with zero attached hydrogens (tertiary/aromatic N) is 4. The minimum Gasteiger partial charge on any atom is -0.324 e. The van der Waals surface area contributed by atoms with E-state index in [1.54, 1.807) is 0 Å². The number of nitrogens with one attached hydrogen (secondary N) is 2. The van der Waals surface area contributed by atoms with Gasteiger partial charge in [-0.1, -0.05) is 0 Å². The highest BCUT2D eigenvalue weighted by atomic mass is 19.1. The van der Waals surface area contributed by atoms with Crippen molar-refractivity contribution in [3.63, 3.8) is 0 Å². The maximum absolute atomic E-state index is 13.7. The third-order valence-electron chi connectivity index (χ3n) is 3.63. The van der Waals surface area contributed by atoms with Crippen LogP contribution in [0.3, 0.4) is 0 Å². The lowest BCUT2D eigenvalue weighted by Crippen LogP contribution is -2.14. The molecule has 0 aliphatic heterocycles. The molecule has 0 radical (unpaired) electrons. The minimum atomic E-state index is -0.666. The molecule has 0 saturated carbocycles. The molecule has 0 spiro atoms. The smallest absolute Gasteiger partial charge is 0.295 e. The topological polar surface area (TPSA) is 132 Å². The fourth-order valence-corrected chi connectivity index (χ4v) is 2.43. The van der Waals surface area contributed by atoms with Crippen molar-refractivity contribution in [1.29, 1.82) is 0 Å². The first-order chi connectivity index (χ1) is 13.3. The summed E-state index contributed by atoms with van der Waals surface area (Å²) in [5.41, 5.74) is -0.0677. The second kappa shape index (κ2) is 7.61. The highest BCUT2D eigenvalue weighted by Gasteiger charge is 2.19. The van der Waals surface area contributed by atoms with Gasteiger partial charge in [0.05, 0.1) is 10.6 Å². The highest BCUT2D eigenvalue weighted by Crippen LogP contribution is 2.25. The van der Waals surface area contributed by atoms with Crippen LogP contribution in [0.15, 0.2) is 49.1 Å². The number of nitro groups is 1. The van der Waals surface area contributed by atoms with Crippen molar-refractivity contribution in [2.45, 2.75) is 6.92 Å². The second-order valence-corrected chi connectivity index (χ2v) is 5.63. The van der Waals surface area contributed by atoms with E-state index in [9.17, 15) is 24.1 Å². The van der Waals surface area contributed by atoms with Crippen molar-refractivity contribution in [2.24, 2.45) is 0 Å². The highest BCUT2D eigenvalue weighted by molar-refractivity contribution is 6.05. The van der Waals surface area contributed by atoms with Crippen LogP contribution in [0, 0.1) is 15.9 Å². The number of amides is 2. The molecule has 0 fully saturated rings. The number of hydrogen-bond acceptors (Lipinski definition) is 6. The summed E-state index contributed by atoms with van der Waals surface area (Å²) in [4.78, 5) is 38.0. The van der Waals surface area contributed by atoms with Gasteiger partial charge in [-0.25, -0.2) is 14.1 Å². The average molecular weight is 384 g/mol. The lowest BCUT2D eigenvalue weighted by molar-refractivity contribution is -0.384. The Kier molecular flexibility index (Phi) is 5.07. The number of nitro benzene ring substituents is 1. The zero-order valence-corrected chi connectivity index (χ0v) is 14.4. The van der Waals surface area contributed by atoms with E-state index in [0.717, 1.165) is 12.1 Å². The summed E-state index contributed by atoms with van der Waals surface area (Å²) in [5.74, 6) is -1.78. The van der Waals surface area contributed by atoms with Crippen LogP contribution in [0.4, 0.5) is 21.5 Å². The van der Waals surface area contributed by atoms with E-state index in [2.05, 4.69) is 20.7 Å². The Morgan fingerprint density at radius 3 is 2.61 bits per heavy atom. The Morgan fingerprint density at radius 1 is 1.18 bits per heavy atom. The molecule has 2 amide bonds. The fraction of sp³-hybridized carbons (Fsp3) is 0.0588. The molecule has 0 aliphatic rings. The van der Waals surface area contributed by atoms with E-state index in [1.165, 1.54) is 48.5 Å². The molecule has 0 saturated heterocycles. The molecule has 2 aromatic carbocycles. The number of anilines is 2. The maximum atomic E-state index is 13.7. The Hall–Kier alpha value is -4.15. The van der Waals surface area contributed by atoms with Gasteiger partial charge in [-0.15, -0.1) is 0 Å². The number of aromatic nitrogens is 3. The van der Waals surface area contributed by atoms with Gasteiger partial charge < -0.3 is 10.6 Å². The number of carbonyl (C=O) groups is 2. The number of hydrogen-bond donors (Lipinski definition) is 2. The van der Waals surface area contributed by atoms with Crippen molar-refractivity contribution < 1.29 is 18.9 Å². The minimum absolute atomic E-state index is 0.0148. The zero-order valence-electron chi connectivity index (χ0n) is 14.4. The standard InChI is InChI=1S/C17H13FN6O4/c1-10(25)21-14-7-12(3-4-13(14)18)22-17(26)11-2-5-15(16(6-11)24(27)28)23-9-19-8-20-23/h2-9H,1H3,(H,21,25)(H,22,26). The van der Waals surface area contributed by atoms with Gasteiger partial charge in [0.25, 0.3) is 11.6 Å². The molecular weight excluding hydrogens is 371 g/mol. The Bertz CT molecular complexity index is 1070. The van der Waals surface area contributed by atoms with Gasteiger partial charge in [0.2, 0.25) is 5.91 Å². The number of rotatable bonds is 5. The molecule has 3 rings (SSSR count). The first-order valence-electron chi connectivity index (χ1n) is 7.87. The molecule has 11 heteroatoms. The third kappa shape index (κ3) is 3.98. The van der Waals surface area contributed by atoms with Crippen LogP contribution in [0.5, 0.6) is 0 Å². The van der Waals surface area contributed by atoms with Gasteiger partial charge in [0, 0.05) is 24.2 Å². The number of benzene rings is 2. The molecule has 0 aliphatic carbocycles. The van der Waals surface area contributed by atoms with Gasteiger partial charge in [-0.05, 0) is 30.3 Å². The largest absolute Gasteiger partial charge is 0.324 e. The summed E-state index contributed by atoms with van der Waals surface area (Å²) in [6.07, 6.45) is 2.52. The van der Waals surface area contributed by atoms with Crippen molar-refractivity contribution in [3.8, 4) is 5.69 Å². The molecule has 28 heavy (non-hydrogen) atoms. The molecular formula is C17H13FN6O4. The van der Waals surface area contributed by atoms with Gasteiger partial charge in [-0.2, -0.15) is 5.10 Å². The van der Waals surface area contributed by atoms with E-state index >= 15 is 0 Å². The molecule has 10 nitrogen and oxygen atoms in total. The van der Waals surface area contributed by atoms with E-state index < -0.39 is 22.6 Å².